The standard InChI is InChI=1S/C25H24BrN3O5/c1-3-33-23-13-19(12-21(26)25(23)34-16-18-8-6-7-17(2)11-18)15-27-28-24(30)14-20-9-4-5-10-22(20)29(31)32/h4-13,15H,3,14,16H2,1-2H3,(H,28,30)/b27-15+. The fraction of sp³-hybridized carbons (Fsp3) is 0.200. The van der Waals surface area contributed by atoms with Crippen molar-refractivity contribution in [2.24, 2.45) is 5.10 Å². The summed E-state index contributed by atoms with van der Waals surface area (Å²) in [6.07, 6.45) is 1.31. The Kier molecular flexibility index (Phi) is 8.75. The van der Waals surface area contributed by atoms with Crippen LogP contribution in [0.2, 0.25) is 0 Å². The van der Waals surface area contributed by atoms with E-state index in [9.17, 15) is 14.9 Å². The molecule has 0 aliphatic rings. The van der Waals surface area contributed by atoms with Crippen molar-refractivity contribution in [1.82, 2.24) is 5.43 Å². The normalized spacial score (nSPS) is 10.8. The first-order valence-corrected chi connectivity index (χ1v) is 11.4. The molecule has 34 heavy (non-hydrogen) atoms. The number of hydrazone groups is 1. The van der Waals surface area contributed by atoms with Crippen molar-refractivity contribution >= 4 is 33.7 Å². The number of benzene rings is 3. The summed E-state index contributed by atoms with van der Waals surface area (Å²) >= 11 is 3.52. The molecule has 0 spiro atoms. The number of nitrogens with zero attached hydrogens (tertiary/aromatic N) is 2. The van der Waals surface area contributed by atoms with Gasteiger partial charge < -0.3 is 9.47 Å². The van der Waals surface area contributed by atoms with Crippen LogP contribution in [0.4, 0.5) is 5.69 Å². The lowest BCUT2D eigenvalue weighted by Crippen LogP contribution is -2.20. The molecule has 3 aromatic rings. The minimum absolute atomic E-state index is 0.104. The van der Waals surface area contributed by atoms with Crippen molar-refractivity contribution in [3.05, 3.63) is 97.5 Å². The molecule has 0 aromatic heterocycles. The highest BCUT2D eigenvalue weighted by atomic mass is 79.9. The fourth-order valence-electron chi connectivity index (χ4n) is 3.25. The van der Waals surface area contributed by atoms with Crippen LogP contribution in [0.5, 0.6) is 11.5 Å². The molecule has 0 unspecified atom stereocenters. The molecule has 3 aromatic carbocycles. The molecular weight excluding hydrogens is 502 g/mol. The van der Waals surface area contributed by atoms with Gasteiger partial charge in [-0.2, -0.15) is 5.10 Å². The van der Waals surface area contributed by atoms with Crippen LogP contribution < -0.4 is 14.9 Å². The Bertz CT molecular complexity index is 1210. The zero-order valence-electron chi connectivity index (χ0n) is 18.8. The summed E-state index contributed by atoms with van der Waals surface area (Å²) in [6, 6.07) is 17.7. The van der Waals surface area contributed by atoms with E-state index in [-0.39, 0.29) is 12.1 Å². The summed E-state index contributed by atoms with van der Waals surface area (Å²) in [4.78, 5) is 22.8. The third-order valence-electron chi connectivity index (χ3n) is 4.74. The zero-order chi connectivity index (χ0) is 24.5. The van der Waals surface area contributed by atoms with Gasteiger partial charge in [-0.1, -0.05) is 48.0 Å². The Morgan fingerprint density at radius 3 is 2.68 bits per heavy atom. The van der Waals surface area contributed by atoms with Crippen molar-refractivity contribution in [1.29, 1.82) is 0 Å². The van der Waals surface area contributed by atoms with Crippen LogP contribution in [0.25, 0.3) is 0 Å². The molecule has 3 rings (SSSR count). The molecule has 9 heteroatoms. The maximum absolute atomic E-state index is 12.2. The van der Waals surface area contributed by atoms with Crippen molar-refractivity contribution < 1.29 is 19.2 Å². The SMILES string of the molecule is CCOc1cc(/C=N/NC(=O)Cc2ccccc2[N+](=O)[O-])cc(Br)c1OCc1cccc(C)c1. The van der Waals surface area contributed by atoms with Crippen LogP contribution in [0, 0.1) is 17.0 Å². The second-order valence-electron chi connectivity index (χ2n) is 7.40. The molecule has 1 amide bonds. The number of carbonyl (C=O) groups is 1. The van der Waals surface area contributed by atoms with E-state index < -0.39 is 10.8 Å². The summed E-state index contributed by atoms with van der Waals surface area (Å²) in [7, 11) is 0. The second-order valence-corrected chi connectivity index (χ2v) is 8.25. The van der Waals surface area contributed by atoms with Crippen LogP contribution in [0.3, 0.4) is 0 Å². The Morgan fingerprint density at radius 2 is 1.94 bits per heavy atom. The van der Waals surface area contributed by atoms with Gasteiger partial charge in [0.1, 0.15) is 6.61 Å². The number of rotatable bonds is 10. The quantitative estimate of drug-likeness (QED) is 0.218. The van der Waals surface area contributed by atoms with Crippen molar-refractivity contribution in [3.8, 4) is 11.5 Å². The van der Waals surface area contributed by atoms with E-state index in [1.54, 1.807) is 30.3 Å². The van der Waals surface area contributed by atoms with Gasteiger partial charge in [-0.05, 0) is 53.0 Å². The van der Waals surface area contributed by atoms with Gasteiger partial charge in [0.05, 0.1) is 28.6 Å². The molecule has 0 atom stereocenters. The molecule has 0 aliphatic carbocycles. The van der Waals surface area contributed by atoms with E-state index in [0.717, 1.165) is 11.1 Å². The Morgan fingerprint density at radius 1 is 1.15 bits per heavy atom. The molecule has 176 valence electrons. The van der Waals surface area contributed by atoms with Crippen molar-refractivity contribution in [2.75, 3.05) is 6.61 Å². The van der Waals surface area contributed by atoms with E-state index in [1.165, 1.54) is 12.3 Å². The van der Waals surface area contributed by atoms with Gasteiger partial charge in [0, 0.05) is 11.6 Å². The lowest BCUT2D eigenvalue weighted by molar-refractivity contribution is -0.385. The summed E-state index contributed by atoms with van der Waals surface area (Å²) in [5.74, 6) is 0.644. The maximum Gasteiger partial charge on any atom is 0.273 e. The van der Waals surface area contributed by atoms with Gasteiger partial charge >= 0.3 is 0 Å². The molecular formula is C25H24BrN3O5. The first-order chi connectivity index (χ1) is 16.4. The molecule has 1 N–H and O–H groups in total. The molecule has 0 radical (unpaired) electrons. The zero-order valence-corrected chi connectivity index (χ0v) is 20.4. The Balaban J connectivity index is 1.68. The Labute approximate surface area is 205 Å². The summed E-state index contributed by atoms with van der Waals surface area (Å²) in [5.41, 5.74) is 5.48. The number of amides is 1. The molecule has 0 bridgehead atoms. The molecule has 0 heterocycles. The van der Waals surface area contributed by atoms with Gasteiger partial charge in [-0.25, -0.2) is 5.43 Å². The average Bonchev–Trinajstić information content (AvgIpc) is 2.79. The number of ether oxygens (including phenoxy) is 2. The predicted octanol–water partition coefficient (Wildman–Crippen LogP) is 5.34. The lowest BCUT2D eigenvalue weighted by Gasteiger charge is -2.15. The third kappa shape index (κ3) is 6.89. The highest BCUT2D eigenvalue weighted by molar-refractivity contribution is 9.10. The number of hydrogen-bond acceptors (Lipinski definition) is 6. The van der Waals surface area contributed by atoms with Crippen molar-refractivity contribution in [2.45, 2.75) is 26.9 Å². The monoisotopic (exact) mass is 525 g/mol. The summed E-state index contributed by atoms with van der Waals surface area (Å²) in [6.45, 7) is 4.73. The largest absolute Gasteiger partial charge is 0.490 e. The lowest BCUT2D eigenvalue weighted by atomic mass is 10.1. The van der Waals surface area contributed by atoms with E-state index in [0.29, 0.717) is 40.3 Å². The van der Waals surface area contributed by atoms with Gasteiger partial charge in [0.2, 0.25) is 5.91 Å². The predicted molar refractivity (Wildman–Crippen MR) is 133 cm³/mol. The van der Waals surface area contributed by atoms with Crippen LogP contribution in [0.1, 0.15) is 29.2 Å². The smallest absolute Gasteiger partial charge is 0.273 e. The van der Waals surface area contributed by atoms with Crippen LogP contribution in [-0.4, -0.2) is 23.7 Å². The fourth-order valence-corrected chi connectivity index (χ4v) is 3.83. The minimum atomic E-state index is -0.513. The van der Waals surface area contributed by atoms with Gasteiger partial charge in [0.15, 0.2) is 11.5 Å². The molecule has 0 saturated carbocycles. The van der Waals surface area contributed by atoms with E-state index >= 15 is 0 Å². The first-order valence-electron chi connectivity index (χ1n) is 10.6. The number of nitrogens with one attached hydrogen (secondary N) is 1. The van der Waals surface area contributed by atoms with Gasteiger partial charge in [-0.3, -0.25) is 14.9 Å². The number of nitro groups is 1. The van der Waals surface area contributed by atoms with Crippen LogP contribution >= 0.6 is 15.9 Å². The number of hydrogen-bond donors (Lipinski definition) is 1. The van der Waals surface area contributed by atoms with E-state index in [4.69, 9.17) is 9.47 Å². The summed E-state index contributed by atoms with van der Waals surface area (Å²) < 4.78 is 12.4. The van der Waals surface area contributed by atoms with Gasteiger partial charge in [0.25, 0.3) is 5.69 Å². The minimum Gasteiger partial charge on any atom is -0.490 e. The third-order valence-corrected chi connectivity index (χ3v) is 5.33. The van der Waals surface area contributed by atoms with Crippen molar-refractivity contribution in [3.63, 3.8) is 0 Å². The molecule has 0 saturated heterocycles. The highest BCUT2D eigenvalue weighted by Gasteiger charge is 2.15. The molecule has 0 fully saturated rings. The van der Waals surface area contributed by atoms with Gasteiger partial charge in [-0.15, -0.1) is 0 Å². The number of carbonyl (C=O) groups excluding carboxylic acids is 1. The molecule has 0 aliphatic heterocycles. The molecule has 8 nitrogen and oxygen atoms in total. The Hall–Kier alpha value is -3.72. The second kappa shape index (κ2) is 11.9. The maximum atomic E-state index is 12.2. The van der Waals surface area contributed by atoms with Crippen LogP contribution in [0.15, 0.2) is 70.2 Å². The first kappa shape index (κ1) is 24.9. The average molecular weight is 526 g/mol. The number of halogens is 1. The number of aryl methyl sites for hydroxylation is 1. The van der Waals surface area contributed by atoms with Crippen LogP contribution in [-0.2, 0) is 17.8 Å². The number of nitro benzene ring substituents is 1. The topological polar surface area (TPSA) is 103 Å². The van der Waals surface area contributed by atoms with E-state index in [1.807, 2.05) is 32.0 Å². The summed E-state index contributed by atoms with van der Waals surface area (Å²) in [5, 5.41) is 15.1. The number of para-hydroxylation sites is 1. The van der Waals surface area contributed by atoms with E-state index in [2.05, 4.69) is 32.5 Å². The highest BCUT2D eigenvalue weighted by Crippen LogP contribution is 2.37.